The second kappa shape index (κ2) is 6.34. The number of aliphatic hydroxyl groups excluding tert-OH is 1. The van der Waals surface area contributed by atoms with Crippen LogP contribution in [-0.2, 0) is 6.42 Å². The molecule has 21 heavy (non-hydrogen) atoms. The van der Waals surface area contributed by atoms with E-state index in [1.54, 1.807) is 0 Å². The predicted octanol–water partition coefficient (Wildman–Crippen LogP) is 1.68. The summed E-state index contributed by atoms with van der Waals surface area (Å²) in [4.78, 5) is 4.84. The van der Waals surface area contributed by atoms with Gasteiger partial charge in [-0.25, -0.2) is 0 Å². The first-order chi connectivity index (χ1) is 10.2. The Kier molecular flexibility index (Phi) is 4.48. The van der Waals surface area contributed by atoms with E-state index in [2.05, 4.69) is 35.8 Å². The molecule has 2 atom stereocenters. The van der Waals surface area contributed by atoms with Gasteiger partial charge in [0.05, 0.1) is 6.04 Å². The number of benzene rings is 1. The van der Waals surface area contributed by atoms with E-state index in [0.717, 1.165) is 50.5 Å². The van der Waals surface area contributed by atoms with Gasteiger partial charge < -0.3 is 14.7 Å². The van der Waals surface area contributed by atoms with Crippen molar-refractivity contribution in [3.63, 3.8) is 0 Å². The van der Waals surface area contributed by atoms with Gasteiger partial charge in [-0.1, -0.05) is 19.9 Å². The molecule has 3 rings (SSSR count). The summed E-state index contributed by atoms with van der Waals surface area (Å²) in [6.45, 7) is 10.2. The third-order valence-electron chi connectivity index (χ3n) is 4.90. The molecule has 0 aromatic heterocycles. The van der Waals surface area contributed by atoms with Gasteiger partial charge in [0.1, 0.15) is 18.5 Å². The Labute approximate surface area is 127 Å². The maximum Gasteiger partial charge on any atom is 0.125 e. The molecule has 0 amide bonds. The van der Waals surface area contributed by atoms with Crippen molar-refractivity contribution < 1.29 is 9.84 Å². The summed E-state index contributed by atoms with van der Waals surface area (Å²) in [7, 11) is 0. The zero-order chi connectivity index (χ0) is 14.8. The highest BCUT2D eigenvalue weighted by molar-refractivity contribution is 5.41. The van der Waals surface area contributed by atoms with Crippen LogP contribution >= 0.6 is 0 Å². The Hall–Kier alpha value is -1.10. The highest BCUT2D eigenvalue weighted by atomic mass is 16.5. The van der Waals surface area contributed by atoms with Crippen molar-refractivity contribution in [2.45, 2.75) is 32.4 Å². The number of ether oxygens (including phenoxy) is 1. The Morgan fingerprint density at radius 3 is 2.62 bits per heavy atom. The third kappa shape index (κ3) is 2.93. The third-order valence-corrected chi connectivity index (χ3v) is 4.90. The van der Waals surface area contributed by atoms with E-state index in [4.69, 9.17) is 4.74 Å². The Morgan fingerprint density at radius 2 is 1.95 bits per heavy atom. The van der Waals surface area contributed by atoms with E-state index >= 15 is 0 Å². The molecule has 2 aliphatic rings. The lowest BCUT2D eigenvalue weighted by Gasteiger charge is -2.42. The zero-order valence-electron chi connectivity index (χ0n) is 13.1. The molecule has 0 saturated carbocycles. The molecule has 0 aliphatic carbocycles. The van der Waals surface area contributed by atoms with Crippen molar-refractivity contribution in [2.24, 2.45) is 0 Å². The number of likely N-dealkylation sites (N-methyl/N-ethyl adjacent to an activating group) is 1. The molecular weight excluding hydrogens is 264 g/mol. The van der Waals surface area contributed by atoms with Gasteiger partial charge in [-0.3, -0.25) is 4.90 Å². The second-order valence-electron chi connectivity index (χ2n) is 6.02. The average molecular weight is 290 g/mol. The van der Waals surface area contributed by atoms with E-state index in [1.165, 1.54) is 5.56 Å². The zero-order valence-corrected chi connectivity index (χ0v) is 13.1. The van der Waals surface area contributed by atoms with Crippen LogP contribution in [0, 0.1) is 0 Å². The number of hydrogen-bond donors (Lipinski definition) is 1. The van der Waals surface area contributed by atoms with Crippen molar-refractivity contribution in [1.82, 2.24) is 9.80 Å². The summed E-state index contributed by atoms with van der Waals surface area (Å²) in [5.74, 6) is 0.850. The number of fused-ring (bicyclic) bond motifs is 1. The van der Waals surface area contributed by atoms with Crippen LogP contribution in [0.1, 0.15) is 31.1 Å². The lowest BCUT2D eigenvalue weighted by atomic mass is 9.95. The molecule has 1 saturated heterocycles. The van der Waals surface area contributed by atoms with Gasteiger partial charge in [-0.15, -0.1) is 0 Å². The fraction of sp³-hybridized carbons (Fsp3) is 0.647. The summed E-state index contributed by atoms with van der Waals surface area (Å²) in [5.41, 5.74) is 2.22. The Morgan fingerprint density at radius 1 is 1.19 bits per heavy atom. The molecule has 2 unspecified atom stereocenters. The monoisotopic (exact) mass is 290 g/mol. The largest absolute Gasteiger partial charge is 0.491 e. The first-order valence-electron chi connectivity index (χ1n) is 8.13. The van der Waals surface area contributed by atoms with Gasteiger partial charge in [0.25, 0.3) is 0 Å². The lowest BCUT2D eigenvalue weighted by molar-refractivity contribution is -0.0165. The molecule has 4 heteroatoms. The van der Waals surface area contributed by atoms with Gasteiger partial charge in [0, 0.05) is 31.7 Å². The number of hydrogen-bond acceptors (Lipinski definition) is 4. The number of rotatable bonds is 3. The standard InChI is InChI=1S/C17H26N2O2/c1-3-13-5-6-16-14(11-13)17(20)15(12-21-16)19-9-7-18(4-2)8-10-19/h5-6,11,15,17,20H,3-4,7-10,12H2,1-2H3. The summed E-state index contributed by atoms with van der Waals surface area (Å²) in [5, 5.41) is 10.8. The van der Waals surface area contributed by atoms with Crippen LogP contribution in [-0.4, -0.2) is 60.3 Å². The smallest absolute Gasteiger partial charge is 0.125 e. The van der Waals surface area contributed by atoms with Crippen LogP contribution in [0.3, 0.4) is 0 Å². The Balaban J connectivity index is 1.74. The van der Waals surface area contributed by atoms with Gasteiger partial charge in [-0.05, 0) is 30.7 Å². The highest BCUT2D eigenvalue weighted by Gasteiger charge is 2.35. The first kappa shape index (κ1) is 14.8. The van der Waals surface area contributed by atoms with Crippen LogP contribution in [0.5, 0.6) is 5.75 Å². The molecule has 1 aromatic carbocycles. The Bertz CT molecular complexity index is 484. The molecule has 4 nitrogen and oxygen atoms in total. The minimum atomic E-state index is -0.437. The summed E-state index contributed by atoms with van der Waals surface area (Å²) in [6.07, 6.45) is 0.549. The van der Waals surface area contributed by atoms with E-state index in [-0.39, 0.29) is 6.04 Å². The van der Waals surface area contributed by atoms with Crippen molar-refractivity contribution in [3.8, 4) is 5.75 Å². The minimum absolute atomic E-state index is 0.0867. The number of nitrogens with zero attached hydrogens (tertiary/aromatic N) is 2. The molecule has 1 N–H and O–H groups in total. The number of piperazine rings is 1. The molecule has 1 fully saturated rings. The number of aliphatic hydroxyl groups is 1. The predicted molar refractivity (Wildman–Crippen MR) is 83.7 cm³/mol. The first-order valence-corrected chi connectivity index (χ1v) is 8.13. The fourth-order valence-corrected chi connectivity index (χ4v) is 3.37. The molecule has 0 bridgehead atoms. The molecule has 2 aliphatic heterocycles. The second-order valence-corrected chi connectivity index (χ2v) is 6.02. The minimum Gasteiger partial charge on any atom is -0.491 e. The average Bonchev–Trinajstić information content (AvgIpc) is 2.55. The van der Waals surface area contributed by atoms with E-state index in [0.29, 0.717) is 6.61 Å². The highest BCUT2D eigenvalue weighted by Crippen LogP contribution is 2.35. The van der Waals surface area contributed by atoms with E-state index in [1.807, 2.05) is 6.07 Å². The van der Waals surface area contributed by atoms with Crippen molar-refractivity contribution >= 4 is 0 Å². The van der Waals surface area contributed by atoms with Crippen molar-refractivity contribution in [1.29, 1.82) is 0 Å². The molecule has 1 aromatic rings. The molecule has 2 heterocycles. The van der Waals surface area contributed by atoms with Crippen LogP contribution in [0.2, 0.25) is 0 Å². The van der Waals surface area contributed by atoms with E-state index in [9.17, 15) is 5.11 Å². The SMILES string of the molecule is CCc1ccc2c(c1)C(O)C(N1CCN(CC)CC1)CO2. The summed E-state index contributed by atoms with van der Waals surface area (Å²) >= 11 is 0. The van der Waals surface area contributed by atoms with Crippen molar-refractivity contribution in [2.75, 3.05) is 39.3 Å². The molecule has 0 spiro atoms. The quantitative estimate of drug-likeness (QED) is 0.919. The fourth-order valence-electron chi connectivity index (χ4n) is 3.37. The van der Waals surface area contributed by atoms with Crippen molar-refractivity contribution in [3.05, 3.63) is 29.3 Å². The molecular formula is C17H26N2O2. The van der Waals surface area contributed by atoms with Crippen LogP contribution in [0.15, 0.2) is 18.2 Å². The topological polar surface area (TPSA) is 35.9 Å². The van der Waals surface area contributed by atoms with Gasteiger partial charge in [-0.2, -0.15) is 0 Å². The normalized spacial score (nSPS) is 27.2. The molecule has 116 valence electrons. The number of aryl methyl sites for hydroxylation is 1. The summed E-state index contributed by atoms with van der Waals surface area (Å²) in [6, 6.07) is 6.28. The maximum atomic E-state index is 10.8. The summed E-state index contributed by atoms with van der Waals surface area (Å²) < 4.78 is 5.90. The van der Waals surface area contributed by atoms with Crippen LogP contribution < -0.4 is 4.74 Å². The lowest BCUT2D eigenvalue weighted by Crippen LogP contribution is -2.54. The maximum absolute atomic E-state index is 10.8. The van der Waals surface area contributed by atoms with Gasteiger partial charge in [0.15, 0.2) is 0 Å². The van der Waals surface area contributed by atoms with Gasteiger partial charge in [0.2, 0.25) is 0 Å². The van der Waals surface area contributed by atoms with E-state index < -0.39 is 6.10 Å². The van der Waals surface area contributed by atoms with Gasteiger partial charge >= 0.3 is 0 Å². The van der Waals surface area contributed by atoms with Crippen LogP contribution in [0.4, 0.5) is 0 Å². The van der Waals surface area contributed by atoms with Crippen LogP contribution in [0.25, 0.3) is 0 Å². The molecule has 0 radical (unpaired) electrons.